The molecule has 1 nitrogen and oxygen atoms in total. The van der Waals surface area contributed by atoms with Crippen molar-refractivity contribution in [3.05, 3.63) is 0 Å². The summed E-state index contributed by atoms with van der Waals surface area (Å²) in [6, 6.07) is 0.520. The fourth-order valence-electron chi connectivity index (χ4n) is 4.81. The number of rotatable bonds is 2. The summed E-state index contributed by atoms with van der Waals surface area (Å²) in [5.74, 6) is 4.30. The highest BCUT2D eigenvalue weighted by Crippen LogP contribution is 2.51. The van der Waals surface area contributed by atoms with Gasteiger partial charge in [-0.05, 0) is 62.2 Å². The fraction of sp³-hybridized carbons (Fsp3) is 1.00. The first-order chi connectivity index (χ1) is 7.81. The van der Waals surface area contributed by atoms with Crippen LogP contribution in [-0.4, -0.2) is 6.04 Å². The average Bonchev–Trinajstić information content (AvgIpc) is 2.80. The van der Waals surface area contributed by atoms with E-state index in [0.717, 1.165) is 23.7 Å². The molecule has 3 aliphatic rings. The van der Waals surface area contributed by atoms with Gasteiger partial charge >= 0.3 is 0 Å². The Balaban J connectivity index is 1.53. The van der Waals surface area contributed by atoms with Crippen LogP contribution in [0.25, 0.3) is 0 Å². The molecule has 2 N–H and O–H groups in total. The van der Waals surface area contributed by atoms with Crippen LogP contribution in [0.15, 0.2) is 0 Å². The minimum Gasteiger partial charge on any atom is -0.328 e. The molecule has 92 valence electrons. The topological polar surface area (TPSA) is 26.0 Å². The predicted octanol–water partition coefficient (Wildman–Crippen LogP) is 3.72. The molecular formula is C15H27N. The molecular weight excluding hydrogens is 194 g/mol. The van der Waals surface area contributed by atoms with Crippen LogP contribution in [-0.2, 0) is 0 Å². The maximum atomic E-state index is 6.18. The third-order valence-electron chi connectivity index (χ3n) is 5.59. The van der Waals surface area contributed by atoms with Gasteiger partial charge in [-0.2, -0.15) is 0 Å². The van der Waals surface area contributed by atoms with E-state index in [1.807, 2.05) is 0 Å². The van der Waals surface area contributed by atoms with Crippen molar-refractivity contribution in [2.75, 3.05) is 0 Å². The highest BCUT2D eigenvalue weighted by Gasteiger charge is 2.40. The molecule has 0 heterocycles. The summed E-state index contributed by atoms with van der Waals surface area (Å²) in [6.45, 7) is 0. The highest BCUT2D eigenvalue weighted by atomic mass is 14.6. The van der Waals surface area contributed by atoms with Gasteiger partial charge in [0.2, 0.25) is 0 Å². The van der Waals surface area contributed by atoms with Crippen molar-refractivity contribution >= 4 is 0 Å². The third kappa shape index (κ3) is 2.30. The third-order valence-corrected chi connectivity index (χ3v) is 5.59. The van der Waals surface area contributed by atoms with Crippen LogP contribution in [0.3, 0.4) is 0 Å². The van der Waals surface area contributed by atoms with Crippen molar-refractivity contribution in [1.29, 1.82) is 0 Å². The van der Waals surface area contributed by atoms with Gasteiger partial charge in [-0.3, -0.25) is 0 Å². The van der Waals surface area contributed by atoms with E-state index in [1.165, 1.54) is 38.5 Å². The lowest BCUT2D eigenvalue weighted by molar-refractivity contribution is 0.249. The molecule has 0 amide bonds. The van der Waals surface area contributed by atoms with E-state index in [-0.39, 0.29) is 0 Å². The zero-order chi connectivity index (χ0) is 11.0. The van der Waals surface area contributed by atoms with Gasteiger partial charge < -0.3 is 5.73 Å². The van der Waals surface area contributed by atoms with Crippen molar-refractivity contribution in [3.63, 3.8) is 0 Å². The van der Waals surface area contributed by atoms with Gasteiger partial charge in [-0.1, -0.05) is 25.7 Å². The van der Waals surface area contributed by atoms with E-state index < -0.39 is 0 Å². The molecule has 5 atom stereocenters. The molecule has 16 heavy (non-hydrogen) atoms. The molecule has 5 unspecified atom stereocenters. The molecule has 1 heteroatoms. The average molecular weight is 221 g/mol. The van der Waals surface area contributed by atoms with Crippen LogP contribution in [0.2, 0.25) is 0 Å². The smallest absolute Gasteiger partial charge is 0.00414 e. The molecule has 3 aliphatic carbocycles. The summed E-state index contributed by atoms with van der Waals surface area (Å²) in [6.07, 6.45) is 14.7. The van der Waals surface area contributed by atoms with Crippen LogP contribution >= 0.6 is 0 Å². The van der Waals surface area contributed by atoms with Crippen LogP contribution in [0.1, 0.15) is 64.2 Å². The van der Waals surface area contributed by atoms with Crippen LogP contribution in [0, 0.1) is 23.7 Å². The molecule has 3 saturated carbocycles. The zero-order valence-corrected chi connectivity index (χ0v) is 10.5. The number of hydrogen-bond donors (Lipinski definition) is 1. The predicted molar refractivity (Wildman–Crippen MR) is 68.1 cm³/mol. The fourth-order valence-corrected chi connectivity index (χ4v) is 4.81. The molecule has 0 spiro atoms. The lowest BCUT2D eigenvalue weighted by atomic mass is 9.80. The first-order valence-electron chi connectivity index (χ1n) is 7.57. The summed E-state index contributed by atoms with van der Waals surface area (Å²) < 4.78 is 0. The normalized spacial score (nSPS) is 48.2. The van der Waals surface area contributed by atoms with E-state index in [4.69, 9.17) is 5.73 Å². The summed E-state index contributed by atoms with van der Waals surface area (Å²) in [4.78, 5) is 0. The maximum absolute atomic E-state index is 6.18. The van der Waals surface area contributed by atoms with Gasteiger partial charge in [0.25, 0.3) is 0 Å². The molecule has 2 bridgehead atoms. The largest absolute Gasteiger partial charge is 0.328 e. The molecule has 0 radical (unpaired) electrons. The second-order valence-electron chi connectivity index (χ2n) is 6.82. The minimum atomic E-state index is 0.520. The van der Waals surface area contributed by atoms with Crippen molar-refractivity contribution < 1.29 is 0 Å². The van der Waals surface area contributed by atoms with E-state index in [9.17, 15) is 0 Å². The van der Waals surface area contributed by atoms with Crippen LogP contribution < -0.4 is 5.73 Å². The lowest BCUT2D eigenvalue weighted by Gasteiger charge is -2.27. The van der Waals surface area contributed by atoms with Crippen molar-refractivity contribution in [2.45, 2.75) is 70.3 Å². The van der Waals surface area contributed by atoms with Crippen molar-refractivity contribution in [2.24, 2.45) is 29.4 Å². The Hall–Kier alpha value is -0.0400. The van der Waals surface area contributed by atoms with Crippen LogP contribution in [0.5, 0.6) is 0 Å². The maximum Gasteiger partial charge on any atom is 0.00414 e. The molecule has 0 aliphatic heterocycles. The van der Waals surface area contributed by atoms with E-state index >= 15 is 0 Å². The Morgan fingerprint density at radius 2 is 1.75 bits per heavy atom. The Kier molecular flexibility index (Phi) is 3.24. The molecule has 3 fully saturated rings. The van der Waals surface area contributed by atoms with Gasteiger partial charge in [0.05, 0.1) is 0 Å². The quantitative estimate of drug-likeness (QED) is 0.707. The number of nitrogens with two attached hydrogens (primary N) is 1. The van der Waals surface area contributed by atoms with Gasteiger partial charge in [-0.15, -0.1) is 0 Å². The highest BCUT2D eigenvalue weighted by molar-refractivity contribution is 4.91. The summed E-state index contributed by atoms with van der Waals surface area (Å²) in [5, 5.41) is 0. The summed E-state index contributed by atoms with van der Waals surface area (Å²) in [7, 11) is 0. The molecule has 0 saturated heterocycles. The van der Waals surface area contributed by atoms with E-state index in [0.29, 0.717) is 6.04 Å². The molecule has 0 aromatic carbocycles. The zero-order valence-electron chi connectivity index (χ0n) is 10.5. The standard InChI is InChI=1S/C15H27N/c16-15-4-2-1-3-11(10-15)8-14-9-12-5-6-13(14)7-12/h11-15H,1-10,16H2. The summed E-state index contributed by atoms with van der Waals surface area (Å²) in [5.41, 5.74) is 6.18. The monoisotopic (exact) mass is 221 g/mol. The van der Waals surface area contributed by atoms with E-state index in [2.05, 4.69) is 0 Å². The second kappa shape index (κ2) is 4.68. The Labute approximate surface area is 100 Å². The first-order valence-corrected chi connectivity index (χ1v) is 7.57. The SMILES string of the molecule is NC1CCCCC(CC2CC3CCC2C3)C1. The second-order valence-corrected chi connectivity index (χ2v) is 6.82. The molecule has 0 aromatic rings. The van der Waals surface area contributed by atoms with E-state index in [1.54, 1.807) is 25.7 Å². The van der Waals surface area contributed by atoms with Gasteiger partial charge in [0.1, 0.15) is 0 Å². The molecule has 0 aromatic heterocycles. The minimum absolute atomic E-state index is 0.520. The van der Waals surface area contributed by atoms with Crippen molar-refractivity contribution in [3.8, 4) is 0 Å². The van der Waals surface area contributed by atoms with Crippen LogP contribution in [0.4, 0.5) is 0 Å². The van der Waals surface area contributed by atoms with Gasteiger partial charge in [0.15, 0.2) is 0 Å². The first kappa shape index (κ1) is 11.1. The number of fused-ring (bicyclic) bond motifs is 2. The number of hydrogen-bond acceptors (Lipinski definition) is 1. The summed E-state index contributed by atoms with van der Waals surface area (Å²) >= 11 is 0. The van der Waals surface area contributed by atoms with Gasteiger partial charge in [-0.25, -0.2) is 0 Å². The Morgan fingerprint density at radius 1 is 0.875 bits per heavy atom. The Bertz CT molecular complexity index is 238. The van der Waals surface area contributed by atoms with Gasteiger partial charge in [0, 0.05) is 6.04 Å². The Morgan fingerprint density at radius 3 is 2.50 bits per heavy atom. The van der Waals surface area contributed by atoms with Crippen molar-refractivity contribution in [1.82, 2.24) is 0 Å². The lowest BCUT2D eigenvalue weighted by Crippen LogP contribution is -2.23. The molecule has 3 rings (SSSR count).